The summed E-state index contributed by atoms with van der Waals surface area (Å²) in [5.41, 5.74) is 0.897. The Morgan fingerprint density at radius 2 is 1.79 bits per heavy atom. The number of nitrogens with one attached hydrogen (secondary N) is 1. The molecule has 1 aromatic heterocycles. The first kappa shape index (κ1) is 19.7. The van der Waals surface area contributed by atoms with Crippen LogP contribution >= 0.6 is 0 Å². The zero-order chi connectivity index (χ0) is 20.8. The lowest BCUT2D eigenvalue weighted by Gasteiger charge is -2.48. The van der Waals surface area contributed by atoms with E-state index in [4.69, 9.17) is 4.74 Å². The molecule has 2 aromatic rings. The van der Waals surface area contributed by atoms with Gasteiger partial charge in [0.15, 0.2) is 5.69 Å². The van der Waals surface area contributed by atoms with Crippen LogP contribution in [0.2, 0.25) is 0 Å². The molecule has 0 saturated carbocycles. The highest BCUT2D eigenvalue weighted by molar-refractivity contribution is 6.04. The molecule has 0 aliphatic carbocycles. The Morgan fingerprint density at radius 1 is 1.14 bits per heavy atom. The lowest BCUT2D eigenvalue weighted by atomic mass is 9.82. The van der Waals surface area contributed by atoms with Crippen molar-refractivity contribution in [3.05, 3.63) is 30.0 Å². The van der Waals surface area contributed by atoms with Crippen molar-refractivity contribution >= 4 is 22.9 Å². The quantitative estimate of drug-likeness (QED) is 0.838. The van der Waals surface area contributed by atoms with E-state index in [2.05, 4.69) is 10.4 Å². The van der Waals surface area contributed by atoms with E-state index in [9.17, 15) is 9.59 Å². The minimum atomic E-state index is -0.503. The van der Waals surface area contributed by atoms with Gasteiger partial charge in [-0.3, -0.25) is 9.48 Å². The number of piperidine rings is 2. The van der Waals surface area contributed by atoms with Crippen molar-refractivity contribution in [2.75, 3.05) is 0 Å². The molecule has 2 bridgehead atoms. The third kappa shape index (κ3) is 3.95. The SMILES string of the molecule is Cn1nc(C(=O)NC2C[C@H]3CCC[C@@H](C2)N3C(=O)OC(C)(C)C)c2ccccc21. The number of hydrogen-bond acceptors (Lipinski definition) is 4. The molecule has 29 heavy (non-hydrogen) atoms. The molecule has 1 unspecified atom stereocenters. The van der Waals surface area contributed by atoms with Crippen molar-refractivity contribution in [3.8, 4) is 0 Å². The first-order chi connectivity index (χ1) is 13.7. The molecule has 2 saturated heterocycles. The topological polar surface area (TPSA) is 76.5 Å². The fourth-order valence-corrected chi connectivity index (χ4v) is 4.75. The summed E-state index contributed by atoms with van der Waals surface area (Å²) in [5.74, 6) is -0.143. The molecule has 1 N–H and O–H groups in total. The number of amides is 2. The number of rotatable bonds is 2. The van der Waals surface area contributed by atoms with Crippen LogP contribution < -0.4 is 5.32 Å². The van der Waals surface area contributed by atoms with Crippen molar-refractivity contribution in [2.24, 2.45) is 7.05 Å². The molecule has 7 nitrogen and oxygen atoms in total. The third-order valence-corrected chi connectivity index (χ3v) is 5.89. The van der Waals surface area contributed by atoms with Gasteiger partial charge in [0.2, 0.25) is 0 Å². The van der Waals surface area contributed by atoms with Gasteiger partial charge in [-0.25, -0.2) is 4.79 Å². The molecule has 3 heterocycles. The first-order valence-corrected chi connectivity index (χ1v) is 10.5. The van der Waals surface area contributed by atoms with Gasteiger partial charge < -0.3 is 15.0 Å². The van der Waals surface area contributed by atoms with E-state index in [-0.39, 0.29) is 30.1 Å². The Bertz CT molecular complexity index is 916. The highest BCUT2D eigenvalue weighted by atomic mass is 16.6. The summed E-state index contributed by atoms with van der Waals surface area (Å²) >= 11 is 0. The summed E-state index contributed by atoms with van der Waals surface area (Å²) in [5, 5.41) is 8.47. The summed E-state index contributed by atoms with van der Waals surface area (Å²) in [6.45, 7) is 5.68. The molecule has 4 rings (SSSR count). The highest BCUT2D eigenvalue weighted by Gasteiger charge is 2.43. The second-order valence-electron chi connectivity index (χ2n) is 9.26. The fraction of sp³-hybridized carbons (Fsp3) is 0.591. The molecule has 156 valence electrons. The number of carbonyl (C=O) groups excluding carboxylic acids is 2. The van der Waals surface area contributed by atoms with Gasteiger partial charge in [0.25, 0.3) is 5.91 Å². The van der Waals surface area contributed by atoms with Gasteiger partial charge in [0.05, 0.1) is 5.52 Å². The molecule has 2 amide bonds. The molecular formula is C22H30N4O3. The van der Waals surface area contributed by atoms with Crippen LogP contribution in [0.3, 0.4) is 0 Å². The van der Waals surface area contributed by atoms with Gasteiger partial charge in [-0.1, -0.05) is 18.2 Å². The molecule has 2 aliphatic rings. The Hall–Kier alpha value is -2.57. The average molecular weight is 399 g/mol. The summed E-state index contributed by atoms with van der Waals surface area (Å²) < 4.78 is 7.38. The van der Waals surface area contributed by atoms with Crippen molar-refractivity contribution in [2.45, 2.75) is 76.6 Å². The Kier molecular flexibility index (Phi) is 5.00. The number of fused-ring (bicyclic) bond motifs is 3. The van der Waals surface area contributed by atoms with Crippen molar-refractivity contribution < 1.29 is 14.3 Å². The summed E-state index contributed by atoms with van der Waals surface area (Å²) in [6.07, 6.45) is 4.30. The number of nitrogens with zero attached hydrogens (tertiary/aromatic N) is 3. The molecule has 0 radical (unpaired) electrons. The summed E-state index contributed by atoms with van der Waals surface area (Å²) in [6, 6.07) is 8.02. The highest BCUT2D eigenvalue weighted by Crippen LogP contribution is 2.35. The van der Waals surface area contributed by atoms with Crippen LogP contribution in [0.1, 0.15) is 63.4 Å². The van der Waals surface area contributed by atoms with Crippen molar-refractivity contribution in [1.82, 2.24) is 20.0 Å². The zero-order valence-electron chi connectivity index (χ0n) is 17.6. The summed E-state index contributed by atoms with van der Waals surface area (Å²) in [7, 11) is 1.85. The monoisotopic (exact) mass is 398 g/mol. The van der Waals surface area contributed by atoms with E-state index in [1.54, 1.807) is 4.68 Å². The van der Waals surface area contributed by atoms with E-state index < -0.39 is 5.60 Å². The zero-order valence-corrected chi connectivity index (χ0v) is 17.6. The molecular weight excluding hydrogens is 368 g/mol. The van der Waals surface area contributed by atoms with Crippen molar-refractivity contribution in [1.29, 1.82) is 0 Å². The lowest BCUT2D eigenvalue weighted by Crippen LogP contribution is -2.59. The van der Waals surface area contributed by atoms with Crippen LogP contribution in [0.25, 0.3) is 10.9 Å². The second kappa shape index (κ2) is 7.35. The normalized spacial score (nSPS) is 24.4. The van der Waals surface area contributed by atoms with Crippen LogP contribution in [0.5, 0.6) is 0 Å². The van der Waals surface area contributed by atoms with E-state index in [0.29, 0.717) is 5.69 Å². The molecule has 1 aromatic carbocycles. The van der Waals surface area contributed by atoms with Crippen molar-refractivity contribution in [3.63, 3.8) is 0 Å². The van der Waals surface area contributed by atoms with Gasteiger partial charge in [-0.05, 0) is 58.9 Å². The Morgan fingerprint density at radius 3 is 2.45 bits per heavy atom. The maximum absolute atomic E-state index is 13.0. The van der Waals surface area contributed by atoms with Gasteiger partial charge in [-0.15, -0.1) is 0 Å². The van der Waals surface area contributed by atoms with Gasteiger partial charge in [0, 0.05) is 30.6 Å². The molecule has 2 aliphatic heterocycles. The smallest absolute Gasteiger partial charge is 0.410 e. The van der Waals surface area contributed by atoms with E-state index in [1.165, 1.54) is 0 Å². The Labute approximate surface area is 171 Å². The standard InChI is InChI=1S/C22H30N4O3/c1-22(2,3)29-21(28)26-15-8-7-9-16(26)13-14(12-15)23-20(27)19-17-10-5-6-11-18(17)25(4)24-19/h5-6,10-11,14-16H,7-9,12-13H2,1-4H3,(H,23,27)/t14?,15-,16+. The van der Waals surface area contributed by atoms with Gasteiger partial charge in [-0.2, -0.15) is 5.10 Å². The number of para-hydroxylation sites is 1. The lowest BCUT2D eigenvalue weighted by molar-refractivity contribution is -0.0229. The van der Waals surface area contributed by atoms with Gasteiger partial charge >= 0.3 is 6.09 Å². The minimum absolute atomic E-state index is 0.0391. The van der Waals surface area contributed by atoms with Crippen LogP contribution in [0.4, 0.5) is 4.79 Å². The number of hydrogen-bond donors (Lipinski definition) is 1. The largest absolute Gasteiger partial charge is 0.444 e. The van der Waals surface area contributed by atoms with Crippen LogP contribution in [-0.2, 0) is 11.8 Å². The number of aromatic nitrogens is 2. The molecule has 3 atom stereocenters. The third-order valence-electron chi connectivity index (χ3n) is 5.89. The molecule has 2 fully saturated rings. The number of aryl methyl sites for hydroxylation is 1. The molecule has 0 spiro atoms. The predicted molar refractivity (Wildman–Crippen MR) is 111 cm³/mol. The number of ether oxygens (including phenoxy) is 1. The maximum atomic E-state index is 13.0. The fourth-order valence-electron chi connectivity index (χ4n) is 4.75. The molecule has 7 heteroatoms. The number of benzene rings is 1. The van der Waals surface area contributed by atoms with E-state index in [0.717, 1.165) is 43.0 Å². The van der Waals surface area contributed by atoms with E-state index in [1.807, 2.05) is 57.0 Å². The average Bonchev–Trinajstić information content (AvgIpc) is 2.97. The van der Waals surface area contributed by atoms with Crippen LogP contribution in [0.15, 0.2) is 24.3 Å². The summed E-state index contributed by atoms with van der Waals surface area (Å²) in [4.78, 5) is 27.6. The minimum Gasteiger partial charge on any atom is -0.444 e. The predicted octanol–water partition coefficient (Wildman–Crippen LogP) is 3.62. The van der Waals surface area contributed by atoms with Gasteiger partial charge in [0.1, 0.15) is 5.60 Å². The van der Waals surface area contributed by atoms with E-state index >= 15 is 0 Å². The number of carbonyl (C=O) groups is 2. The first-order valence-electron chi connectivity index (χ1n) is 10.5. The van der Waals surface area contributed by atoms with Crippen LogP contribution in [0, 0.1) is 0 Å². The maximum Gasteiger partial charge on any atom is 0.410 e. The second-order valence-corrected chi connectivity index (χ2v) is 9.26. The Balaban J connectivity index is 1.48. The van der Waals surface area contributed by atoms with Crippen LogP contribution in [-0.4, -0.2) is 50.4 Å².